The largest absolute Gasteiger partial charge is 0.501 e. The Morgan fingerprint density at radius 3 is 2.48 bits per heavy atom. The molecule has 0 aliphatic heterocycles. The van der Waals surface area contributed by atoms with Crippen LogP contribution in [0, 0.1) is 0 Å². The predicted molar refractivity (Wildman–Crippen MR) is 97.4 cm³/mol. The van der Waals surface area contributed by atoms with Crippen molar-refractivity contribution >= 4 is 29.1 Å². The number of thioether (sulfide) groups is 1. The predicted octanol–water partition coefficient (Wildman–Crippen LogP) is 3.65. The summed E-state index contributed by atoms with van der Waals surface area (Å²) in [7, 11) is 0. The first-order valence-corrected chi connectivity index (χ1v) is 8.71. The summed E-state index contributed by atoms with van der Waals surface area (Å²) in [5.41, 5.74) is 0.315. The molecule has 1 heterocycles. The number of nitrogens with zero attached hydrogens (tertiary/aromatic N) is 1. The van der Waals surface area contributed by atoms with Crippen LogP contribution in [0.3, 0.4) is 0 Å². The van der Waals surface area contributed by atoms with Crippen LogP contribution in [0.15, 0.2) is 64.5 Å². The Morgan fingerprint density at radius 2 is 1.80 bits per heavy atom. The zero-order chi connectivity index (χ0) is 17.8. The highest BCUT2D eigenvalue weighted by Gasteiger charge is 2.19. The van der Waals surface area contributed by atoms with E-state index in [1.807, 2.05) is 30.3 Å². The highest BCUT2D eigenvalue weighted by molar-refractivity contribution is 7.98. The summed E-state index contributed by atoms with van der Waals surface area (Å²) in [6.45, 7) is 0. The number of hydrogen-bond acceptors (Lipinski definition) is 5. The van der Waals surface area contributed by atoms with Crippen LogP contribution in [-0.2, 0) is 5.75 Å². The number of hydrogen-bond donors (Lipinski definition) is 2. The van der Waals surface area contributed by atoms with E-state index in [0.717, 1.165) is 5.56 Å². The monoisotopic (exact) mass is 372 g/mol. The van der Waals surface area contributed by atoms with Gasteiger partial charge in [0.15, 0.2) is 10.9 Å². The summed E-state index contributed by atoms with van der Waals surface area (Å²) in [5.74, 6) is -0.658. The third-order valence-electron chi connectivity index (χ3n) is 3.41. The lowest BCUT2D eigenvalue weighted by molar-refractivity contribution is 0.103. The Morgan fingerprint density at radius 1 is 1.12 bits per heavy atom. The normalized spacial score (nSPS) is 10.6. The fourth-order valence-corrected chi connectivity index (χ4v) is 3.08. The van der Waals surface area contributed by atoms with Gasteiger partial charge in [0, 0.05) is 16.3 Å². The molecule has 0 spiro atoms. The third kappa shape index (κ3) is 4.10. The molecule has 0 bridgehead atoms. The molecule has 2 aromatic carbocycles. The van der Waals surface area contributed by atoms with Gasteiger partial charge in [-0.2, -0.15) is 0 Å². The molecule has 3 aromatic rings. The number of carbonyl (C=O) groups excluding carboxylic acids is 1. The zero-order valence-electron chi connectivity index (χ0n) is 12.9. The number of nitrogens with one attached hydrogen (secondary N) is 1. The van der Waals surface area contributed by atoms with Crippen molar-refractivity contribution in [3.63, 3.8) is 0 Å². The van der Waals surface area contributed by atoms with E-state index in [4.69, 9.17) is 11.6 Å². The van der Waals surface area contributed by atoms with E-state index >= 15 is 0 Å². The van der Waals surface area contributed by atoms with Crippen molar-refractivity contribution < 1.29 is 9.90 Å². The van der Waals surface area contributed by atoms with Crippen molar-refractivity contribution in [3.8, 4) is 5.75 Å². The van der Waals surface area contributed by atoms with Crippen LogP contribution in [-0.4, -0.2) is 20.9 Å². The van der Waals surface area contributed by atoms with Crippen LogP contribution in [0.25, 0.3) is 0 Å². The van der Waals surface area contributed by atoms with Gasteiger partial charge in [-0.25, -0.2) is 4.98 Å². The molecule has 0 saturated carbocycles. The number of rotatable bonds is 5. The Labute approximate surface area is 152 Å². The smallest absolute Gasteiger partial charge is 0.294 e. The Balaban J connectivity index is 1.89. The molecule has 7 heteroatoms. The molecule has 0 amide bonds. The molecular formula is C18H13ClN2O3S. The molecule has 5 nitrogen and oxygen atoms in total. The van der Waals surface area contributed by atoms with Gasteiger partial charge in [-0.05, 0) is 29.8 Å². The molecule has 25 heavy (non-hydrogen) atoms. The molecule has 126 valence electrons. The highest BCUT2D eigenvalue weighted by Crippen LogP contribution is 2.22. The number of aromatic nitrogens is 2. The molecule has 3 rings (SSSR count). The number of carbonyl (C=O) groups is 1. The van der Waals surface area contributed by atoms with Crippen molar-refractivity contribution in [2.45, 2.75) is 10.9 Å². The summed E-state index contributed by atoms with van der Waals surface area (Å²) in [5, 5.41) is 10.7. The van der Waals surface area contributed by atoms with Crippen molar-refractivity contribution in [3.05, 3.63) is 86.8 Å². The van der Waals surface area contributed by atoms with Crippen molar-refractivity contribution in [1.82, 2.24) is 9.97 Å². The van der Waals surface area contributed by atoms with E-state index in [2.05, 4.69) is 9.97 Å². The van der Waals surface area contributed by atoms with Gasteiger partial charge >= 0.3 is 0 Å². The van der Waals surface area contributed by atoms with Crippen LogP contribution in [0.1, 0.15) is 21.6 Å². The van der Waals surface area contributed by atoms with Crippen molar-refractivity contribution in [1.29, 1.82) is 0 Å². The highest BCUT2D eigenvalue weighted by atomic mass is 35.5. The number of H-pyrrole nitrogens is 1. The molecule has 1 aromatic heterocycles. The number of halogens is 1. The van der Waals surface area contributed by atoms with Crippen LogP contribution < -0.4 is 5.56 Å². The van der Waals surface area contributed by atoms with Crippen LogP contribution in [0.5, 0.6) is 5.75 Å². The number of aromatic amines is 1. The topological polar surface area (TPSA) is 83.0 Å². The van der Waals surface area contributed by atoms with E-state index in [9.17, 15) is 14.7 Å². The zero-order valence-corrected chi connectivity index (χ0v) is 14.5. The quantitative estimate of drug-likeness (QED) is 0.406. The van der Waals surface area contributed by atoms with E-state index in [1.54, 1.807) is 12.1 Å². The first-order chi connectivity index (χ1) is 12.0. The van der Waals surface area contributed by atoms with Crippen molar-refractivity contribution in [2.24, 2.45) is 0 Å². The Kier molecular flexibility index (Phi) is 5.21. The van der Waals surface area contributed by atoms with Gasteiger partial charge in [0.2, 0.25) is 11.5 Å². The molecule has 0 saturated heterocycles. The maximum atomic E-state index is 12.5. The molecule has 0 aliphatic rings. The summed E-state index contributed by atoms with van der Waals surface area (Å²) < 4.78 is 0. The summed E-state index contributed by atoms with van der Waals surface area (Å²) >= 11 is 7.08. The fourth-order valence-electron chi connectivity index (χ4n) is 2.14. The standard InChI is InChI=1S/C18H13ClN2O3S/c19-13-8-6-12(7-9-13)15(22)14-16(23)17(24)21-18(20-14)25-10-11-4-2-1-3-5-11/h1-9,23H,10H2,(H,20,21,24). The van der Waals surface area contributed by atoms with Gasteiger partial charge in [0.1, 0.15) is 0 Å². The Bertz CT molecular complexity index is 956. The lowest BCUT2D eigenvalue weighted by atomic mass is 10.1. The number of ketones is 1. The van der Waals surface area contributed by atoms with Gasteiger partial charge < -0.3 is 5.11 Å². The first kappa shape index (κ1) is 17.3. The van der Waals surface area contributed by atoms with Crippen molar-refractivity contribution in [2.75, 3.05) is 0 Å². The van der Waals surface area contributed by atoms with E-state index in [0.29, 0.717) is 10.8 Å². The molecule has 0 atom stereocenters. The van der Waals surface area contributed by atoms with E-state index in [-0.39, 0.29) is 16.4 Å². The number of benzene rings is 2. The van der Waals surface area contributed by atoms with Gasteiger partial charge in [-0.1, -0.05) is 53.7 Å². The molecule has 0 aliphatic carbocycles. The summed E-state index contributed by atoms with van der Waals surface area (Å²) in [4.78, 5) is 31.1. The molecule has 0 unspecified atom stereocenters. The first-order valence-electron chi connectivity index (χ1n) is 7.35. The second-order valence-corrected chi connectivity index (χ2v) is 6.58. The van der Waals surface area contributed by atoms with Gasteiger partial charge in [0.05, 0.1) is 0 Å². The molecular weight excluding hydrogens is 360 g/mol. The Hall–Kier alpha value is -2.57. The third-order valence-corrected chi connectivity index (χ3v) is 4.61. The minimum atomic E-state index is -0.747. The average molecular weight is 373 g/mol. The second kappa shape index (κ2) is 7.55. The summed E-state index contributed by atoms with van der Waals surface area (Å²) in [6, 6.07) is 15.8. The number of aromatic hydroxyl groups is 1. The van der Waals surface area contributed by atoms with E-state index < -0.39 is 17.1 Å². The average Bonchev–Trinajstić information content (AvgIpc) is 2.63. The van der Waals surface area contributed by atoms with Crippen LogP contribution >= 0.6 is 23.4 Å². The lowest BCUT2D eigenvalue weighted by Crippen LogP contribution is -2.15. The molecule has 0 radical (unpaired) electrons. The maximum Gasteiger partial charge on any atom is 0.294 e. The minimum Gasteiger partial charge on any atom is -0.501 e. The van der Waals surface area contributed by atoms with Crippen LogP contribution in [0.2, 0.25) is 5.02 Å². The van der Waals surface area contributed by atoms with Crippen LogP contribution in [0.4, 0.5) is 0 Å². The SMILES string of the molecule is O=C(c1ccc(Cl)cc1)c1nc(SCc2ccccc2)[nH]c(=O)c1O. The minimum absolute atomic E-state index is 0.268. The van der Waals surface area contributed by atoms with Gasteiger partial charge in [0.25, 0.3) is 5.56 Å². The second-order valence-electron chi connectivity index (χ2n) is 5.18. The summed E-state index contributed by atoms with van der Waals surface area (Å²) in [6.07, 6.45) is 0. The van der Waals surface area contributed by atoms with Gasteiger partial charge in [-0.3, -0.25) is 14.6 Å². The fraction of sp³-hybridized carbons (Fsp3) is 0.0556. The molecule has 2 N–H and O–H groups in total. The maximum absolute atomic E-state index is 12.5. The molecule has 0 fully saturated rings. The van der Waals surface area contributed by atoms with Gasteiger partial charge in [-0.15, -0.1) is 0 Å². The lowest BCUT2D eigenvalue weighted by Gasteiger charge is -2.06. The van der Waals surface area contributed by atoms with E-state index in [1.165, 1.54) is 23.9 Å².